The van der Waals surface area contributed by atoms with E-state index in [1.165, 1.54) is 35.2 Å². The number of carbonyl (C=O) groups is 1. The minimum Gasteiger partial charge on any atom is -0.337 e. The van der Waals surface area contributed by atoms with Crippen LogP contribution in [-0.2, 0) is 16.6 Å². The highest BCUT2D eigenvalue weighted by molar-refractivity contribution is 7.92. The molecule has 0 aliphatic carbocycles. The highest BCUT2D eigenvalue weighted by atomic mass is 35.5. The summed E-state index contributed by atoms with van der Waals surface area (Å²) in [5, 5.41) is 0.606. The second kappa shape index (κ2) is 8.63. The van der Waals surface area contributed by atoms with E-state index in [0.717, 1.165) is 17.7 Å². The molecule has 0 aliphatic heterocycles. The molecule has 3 aromatic carbocycles. The quantitative estimate of drug-likeness (QED) is 0.621. The van der Waals surface area contributed by atoms with Crippen LogP contribution >= 0.6 is 11.6 Å². The van der Waals surface area contributed by atoms with E-state index >= 15 is 0 Å². The maximum atomic E-state index is 13.0. The van der Waals surface area contributed by atoms with Gasteiger partial charge in [0.1, 0.15) is 5.82 Å². The summed E-state index contributed by atoms with van der Waals surface area (Å²) in [6, 6.07) is 17.8. The van der Waals surface area contributed by atoms with Crippen LogP contribution in [0.3, 0.4) is 0 Å². The first-order chi connectivity index (χ1) is 13.7. The zero-order valence-electron chi connectivity index (χ0n) is 15.5. The summed E-state index contributed by atoms with van der Waals surface area (Å²) in [7, 11) is -2.30. The number of hydrogen-bond acceptors (Lipinski definition) is 3. The van der Waals surface area contributed by atoms with Gasteiger partial charge in [0.05, 0.1) is 4.90 Å². The lowest BCUT2D eigenvalue weighted by molar-refractivity contribution is 0.0785. The number of rotatable bonds is 6. The second-order valence-electron chi connectivity index (χ2n) is 6.43. The van der Waals surface area contributed by atoms with Crippen molar-refractivity contribution in [1.29, 1.82) is 0 Å². The van der Waals surface area contributed by atoms with Gasteiger partial charge in [-0.2, -0.15) is 0 Å². The van der Waals surface area contributed by atoms with Crippen molar-refractivity contribution in [2.75, 3.05) is 11.8 Å². The number of amides is 1. The van der Waals surface area contributed by atoms with Gasteiger partial charge in [0.2, 0.25) is 0 Å². The molecule has 0 atom stereocenters. The van der Waals surface area contributed by atoms with Gasteiger partial charge in [-0.1, -0.05) is 29.8 Å². The van der Waals surface area contributed by atoms with Crippen LogP contribution in [0.25, 0.3) is 0 Å². The van der Waals surface area contributed by atoms with Crippen LogP contribution in [0.4, 0.5) is 10.1 Å². The van der Waals surface area contributed by atoms with E-state index in [4.69, 9.17) is 11.6 Å². The van der Waals surface area contributed by atoms with E-state index in [0.29, 0.717) is 11.6 Å². The molecule has 3 aromatic rings. The highest BCUT2D eigenvalue weighted by Crippen LogP contribution is 2.19. The minimum atomic E-state index is -3.93. The number of nitrogens with zero attached hydrogens (tertiary/aromatic N) is 1. The van der Waals surface area contributed by atoms with Crippen LogP contribution in [0.15, 0.2) is 77.7 Å². The van der Waals surface area contributed by atoms with E-state index < -0.39 is 15.8 Å². The third kappa shape index (κ3) is 5.34. The van der Waals surface area contributed by atoms with Gasteiger partial charge in [0, 0.05) is 29.9 Å². The lowest BCUT2D eigenvalue weighted by Crippen LogP contribution is -2.26. The number of nitrogens with one attached hydrogen (secondary N) is 1. The molecule has 0 aromatic heterocycles. The monoisotopic (exact) mass is 432 g/mol. The molecule has 0 saturated heterocycles. The Balaban J connectivity index is 1.77. The van der Waals surface area contributed by atoms with Crippen LogP contribution < -0.4 is 4.72 Å². The molecule has 150 valence electrons. The average Bonchev–Trinajstić information content (AvgIpc) is 2.71. The van der Waals surface area contributed by atoms with Gasteiger partial charge in [-0.3, -0.25) is 9.52 Å². The highest BCUT2D eigenvalue weighted by Gasteiger charge is 2.18. The molecule has 0 heterocycles. The molecule has 0 aliphatic rings. The SMILES string of the molecule is CN(Cc1ccc(Cl)cc1)C(=O)c1cccc(S(=O)(=O)Nc2ccc(F)cc2)c1. The Hall–Kier alpha value is -2.90. The molecule has 29 heavy (non-hydrogen) atoms. The summed E-state index contributed by atoms with van der Waals surface area (Å²) in [6.45, 7) is 0.348. The van der Waals surface area contributed by atoms with Crippen LogP contribution in [0, 0.1) is 5.82 Å². The first-order valence-electron chi connectivity index (χ1n) is 8.63. The van der Waals surface area contributed by atoms with E-state index in [9.17, 15) is 17.6 Å². The molecule has 0 spiro atoms. The topological polar surface area (TPSA) is 66.5 Å². The van der Waals surface area contributed by atoms with Crippen molar-refractivity contribution in [3.63, 3.8) is 0 Å². The zero-order valence-corrected chi connectivity index (χ0v) is 17.0. The fourth-order valence-electron chi connectivity index (χ4n) is 2.68. The number of benzene rings is 3. The smallest absolute Gasteiger partial charge is 0.261 e. The van der Waals surface area contributed by atoms with Gasteiger partial charge in [0.25, 0.3) is 15.9 Å². The normalized spacial score (nSPS) is 11.1. The van der Waals surface area contributed by atoms with Crippen LogP contribution in [0.1, 0.15) is 15.9 Å². The third-order valence-electron chi connectivity index (χ3n) is 4.17. The molecule has 5 nitrogen and oxygen atoms in total. The third-order valence-corrected chi connectivity index (χ3v) is 5.80. The second-order valence-corrected chi connectivity index (χ2v) is 8.55. The molecule has 0 unspecified atom stereocenters. The molecule has 0 fully saturated rings. The van der Waals surface area contributed by atoms with Crippen molar-refractivity contribution >= 4 is 33.2 Å². The largest absolute Gasteiger partial charge is 0.337 e. The van der Waals surface area contributed by atoms with Gasteiger partial charge >= 0.3 is 0 Å². The molecule has 3 rings (SSSR count). The summed E-state index contributed by atoms with van der Waals surface area (Å²) < 4.78 is 40.6. The van der Waals surface area contributed by atoms with E-state index in [-0.39, 0.29) is 22.1 Å². The number of halogens is 2. The van der Waals surface area contributed by atoms with Crippen LogP contribution in [0.5, 0.6) is 0 Å². The molecule has 0 saturated carbocycles. The first-order valence-corrected chi connectivity index (χ1v) is 10.5. The molecule has 0 bridgehead atoms. The Bertz CT molecular complexity index is 1120. The number of anilines is 1. The van der Waals surface area contributed by atoms with Gasteiger partial charge in [-0.05, 0) is 60.2 Å². The predicted octanol–water partition coefficient (Wildman–Crippen LogP) is 4.55. The Morgan fingerprint density at radius 1 is 1.03 bits per heavy atom. The molecular formula is C21H18ClFN2O3S. The molecule has 8 heteroatoms. The summed E-state index contributed by atoms with van der Waals surface area (Å²) in [6.07, 6.45) is 0. The zero-order chi connectivity index (χ0) is 21.0. The summed E-state index contributed by atoms with van der Waals surface area (Å²) in [5.74, 6) is -0.789. The van der Waals surface area contributed by atoms with Crippen LogP contribution in [0.2, 0.25) is 5.02 Å². The molecule has 0 radical (unpaired) electrons. The summed E-state index contributed by atoms with van der Waals surface area (Å²) in [5.41, 5.74) is 1.36. The summed E-state index contributed by atoms with van der Waals surface area (Å²) >= 11 is 5.87. The maximum Gasteiger partial charge on any atom is 0.261 e. The molecule has 1 N–H and O–H groups in total. The van der Waals surface area contributed by atoms with Crippen molar-refractivity contribution in [3.05, 3.63) is 94.8 Å². The fourth-order valence-corrected chi connectivity index (χ4v) is 3.91. The first kappa shape index (κ1) is 20.8. The lowest BCUT2D eigenvalue weighted by atomic mass is 10.1. The van der Waals surface area contributed by atoms with Gasteiger partial charge in [0.15, 0.2) is 0 Å². The Morgan fingerprint density at radius 3 is 2.34 bits per heavy atom. The van der Waals surface area contributed by atoms with Crippen molar-refractivity contribution in [3.8, 4) is 0 Å². The van der Waals surface area contributed by atoms with Gasteiger partial charge < -0.3 is 4.90 Å². The van der Waals surface area contributed by atoms with Crippen molar-refractivity contribution in [2.24, 2.45) is 0 Å². The molecule has 1 amide bonds. The predicted molar refractivity (Wildman–Crippen MR) is 111 cm³/mol. The van der Waals surface area contributed by atoms with E-state index in [1.807, 2.05) is 12.1 Å². The van der Waals surface area contributed by atoms with Crippen molar-refractivity contribution in [2.45, 2.75) is 11.4 Å². The fraction of sp³-hybridized carbons (Fsp3) is 0.0952. The Morgan fingerprint density at radius 2 is 1.69 bits per heavy atom. The van der Waals surface area contributed by atoms with Crippen molar-refractivity contribution < 1.29 is 17.6 Å². The number of sulfonamides is 1. The van der Waals surface area contributed by atoms with Gasteiger partial charge in [-0.15, -0.1) is 0 Å². The minimum absolute atomic E-state index is 0.0624. The van der Waals surface area contributed by atoms with Gasteiger partial charge in [-0.25, -0.2) is 12.8 Å². The average molecular weight is 433 g/mol. The summed E-state index contributed by atoms with van der Waals surface area (Å²) in [4.78, 5) is 14.2. The molecular weight excluding hydrogens is 415 g/mol. The number of hydrogen-bond donors (Lipinski definition) is 1. The Kier molecular flexibility index (Phi) is 6.20. The number of carbonyl (C=O) groups excluding carboxylic acids is 1. The van der Waals surface area contributed by atoms with Crippen LogP contribution in [-0.4, -0.2) is 26.3 Å². The van der Waals surface area contributed by atoms with E-state index in [1.54, 1.807) is 25.2 Å². The maximum absolute atomic E-state index is 13.0. The lowest BCUT2D eigenvalue weighted by Gasteiger charge is -2.18. The Labute approximate surface area is 173 Å². The van der Waals surface area contributed by atoms with Crippen molar-refractivity contribution in [1.82, 2.24) is 4.90 Å². The standard InChI is InChI=1S/C21H18ClFN2O3S/c1-25(14-15-5-7-17(22)8-6-15)21(26)16-3-2-4-20(13-16)29(27,28)24-19-11-9-18(23)10-12-19/h2-13,24H,14H2,1H3. The van der Waals surface area contributed by atoms with E-state index in [2.05, 4.69) is 4.72 Å².